The fourth-order valence-electron chi connectivity index (χ4n) is 7.99. The van der Waals surface area contributed by atoms with Crippen LogP contribution in [0.5, 0.6) is 0 Å². The third-order valence-electron chi connectivity index (χ3n) is 11.5. The molecule has 2 saturated heterocycles. The van der Waals surface area contributed by atoms with Crippen LogP contribution in [0.15, 0.2) is 73.5 Å². The van der Waals surface area contributed by atoms with Crippen molar-refractivity contribution in [2.75, 3.05) is 63.1 Å². The van der Waals surface area contributed by atoms with Crippen molar-refractivity contribution in [2.24, 2.45) is 0 Å². The Morgan fingerprint density at radius 3 is 2.57 bits per heavy atom. The molecule has 20 heteroatoms. The summed E-state index contributed by atoms with van der Waals surface area (Å²) in [6.07, 6.45) is 11.9. The summed E-state index contributed by atoms with van der Waals surface area (Å²) in [5, 5.41) is 18.1. The third-order valence-corrected chi connectivity index (χ3v) is 11.5. The van der Waals surface area contributed by atoms with Gasteiger partial charge < -0.3 is 25.6 Å². The van der Waals surface area contributed by atoms with Crippen molar-refractivity contribution in [2.45, 2.75) is 37.6 Å². The molecule has 5 aromatic rings. The van der Waals surface area contributed by atoms with Crippen molar-refractivity contribution in [3.63, 3.8) is 0 Å². The summed E-state index contributed by atoms with van der Waals surface area (Å²) in [5.41, 5.74) is 4.25. The van der Waals surface area contributed by atoms with Crippen LogP contribution in [0.2, 0.25) is 0 Å². The zero-order chi connectivity index (χ0) is 43.6. The Bertz CT molecular complexity index is 2650. The van der Waals surface area contributed by atoms with Gasteiger partial charge in [0.15, 0.2) is 11.5 Å². The van der Waals surface area contributed by atoms with Gasteiger partial charge in [-0.15, -0.1) is 0 Å². The van der Waals surface area contributed by atoms with Crippen molar-refractivity contribution in [3.8, 4) is 11.3 Å². The first-order chi connectivity index (χ1) is 30.6. The third kappa shape index (κ3) is 8.56. The number of piperidine rings is 1. The Hall–Kier alpha value is -7.48. The van der Waals surface area contributed by atoms with Crippen LogP contribution in [0.1, 0.15) is 68.4 Å². The summed E-state index contributed by atoms with van der Waals surface area (Å²) in [4.78, 5) is 90.1. The number of imidazole rings is 1. The van der Waals surface area contributed by atoms with Gasteiger partial charge >= 0.3 is 0 Å². The van der Waals surface area contributed by atoms with Crippen LogP contribution in [0.3, 0.4) is 0 Å². The number of aromatic amines is 1. The molecule has 6 amide bonds. The zero-order valence-electron chi connectivity index (χ0n) is 33.9. The number of ether oxygens (including phenoxy) is 1. The van der Waals surface area contributed by atoms with E-state index in [4.69, 9.17) is 9.72 Å². The maximum Gasteiger partial charge on any atom is 0.264 e. The molecular formula is C43H43FN12O7. The average Bonchev–Trinajstić information content (AvgIpc) is 3.70. The van der Waals surface area contributed by atoms with E-state index in [1.54, 1.807) is 47.8 Å². The minimum atomic E-state index is -1.06. The van der Waals surface area contributed by atoms with Crippen molar-refractivity contribution < 1.29 is 37.9 Å². The van der Waals surface area contributed by atoms with Gasteiger partial charge in [-0.3, -0.25) is 53.4 Å². The van der Waals surface area contributed by atoms with Gasteiger partial charge in [-0.1, -0.05) is 6.07 Å². The Labute approximate surface area is 359 Å². The lowest BCUT2D eigenvalue weighted by atomic mass is 10.0. The van der Waals surface area contributed by atoms with Crippen molar-refractivity contribution in [3.05, 3.63) is 102 Å². The Kier molecular flexibility index (Phi) is 11.3. The number of fused-ring (bicyclic) bond motifs is 2. The zero-order valence-corrected chi connectivity index (χ0v) is 33.9. The summed E-state index contributed by atoms with van der Waals surface area (Å²) in [7, 11) is 0. The minimum absolute atomic E-state index is 0.0306. The molecule has 324 valence electrons. The monoisotopic (exact) mass is 858 g/mol. The lowest BCUT2D eigenvalue weighted by Gasteiger charge is -2.34. The lowest BCUT2D eigenvalue weighted by Crippen LogP contribution is -2.54. The van der Waals surface area contributed by atoms with Gasteiger partial charge in [-0.25, -0.2) is 14.4 Å². The largest absolute Gasteiger partial charge is 0.499 e. The number of halogens is 1. The maximum absolute atomic E-state index is 15.6. The van der Waals surface area contributed by atoms with Crippen LogP contribution < -0.4 is 21.3 Å². The molecule has 3 aromatic heterocycles. The number of H-pyrrole nitrogens is 1. The number of amides is 6. The molecule has 3 fully saturated rings. The van der Waals surface area contributed by atoms with Crippen molar-refractivity contribution in [1.82, 2.24) is 49.9 Å². The van der Waals surface area contributed by atoms with Crippen LogP contribution in [-0.4, -0.2) is 133 Å². The van der Waals surface area contributed by atoms with E-state index >= 15 is 4.39 Å². The maximum atomic E-state index is 15.6. The number of carbonyl (C=O) groups excluding carboxylic acids is 6. The summed E-state index contributed by atoms with van der Waals surface area (Å²) in [5.74, 6) is -2.78. The molecule has 63 heavy (non-hydrogen) atoms. The van der Waals surface area contributed by atoms with E-state index < -0.39 is 35.5 Å². The molecule has 1 unspecified atom stereocenters. The molecule has 19 nitrogen and oxygen atoms in total. The van der Waals surface area contributed by atoms with Crippen molar-refractivity contribution in [1.29, 1.82) is 0 Å². The number of hydrogen-bond donors (Lipinski definition) is 5. The van der Waals surface area contributed by atoms with Crippen molar-refractivity contribution >= 4 is 58.3 Å². The van der Waals surface area contributed by atoms with Gasteiger partial charge in [0.2, 0.25) is 17.7 Å². The molecule has 2 aromatic carbocycles. The molecule has 4 aliphatic rings. The number of aromatic nitrogens is 5. The lowest BCUT2D eigenvalue weighted by molar-refractivity contribution is -0.136. The molecule has 0 radical (unpaired) electrons. The topological polar surface area (TPSA) is 228 Å². The Balaban J connectivity index is 0.695. The molecule has 6 heterocycles. The predicted octanol–water partition coefficient (Wildman–Crippen LogP) is 2.80. The van der Waals surface area contributed by atoms with E-state index in [1.807, 2.05) is 10.6 Å². The molecule has 3 aliphatic heterocycles. The van der Waals surface area contributed by atoms with Gasteiger partial charge in [0.25, 0.3) is 17.7 Å². The number of nitrogens with zero attached hydrogens (tertiary/aromatic N) is 7. The van der Waals surface area contributed by atoms with E-state index in [9.17, 15) is 28.8 Å². The molecule has 0 bridgehead atoms. The van der Waals surface area contributed by atoms with Gasteiger partial charge in [0.1, 0.15) is 18.5 Å². The van der Waals surface area contributed by atoms with E-state index in [0.29, 0.717) is 62.3 Å². The smallest absolute Gasteiger partial charge is 0.264 e. The van der Waals surface area contributed by atoms with Crippen LogP contribution in [0, 0.1) is 5.82 Å². The Morgan fingerprint density at radius 2 is 1.81 bits per heavy atom. The fourth-order valence-corrected chi connectivity index (χ4v) is 7.99. The molecular weight excluding hydrogens is 816 g/mol. The van der Waals surface area contributed by atoms with E-state index in [2.05, 4.69) is 41.3 Å². The number of rotatable bonds is 15. The predicted molar refractivity (Wildman–Crippen MR) is 224 cm³/mol. The molecule has 0 spiro atoms. The summed E-state index contributed by atoms with van der Waals surface area (Å²) in [6, 6.07) is 8.11. The van der Waals surface area contributed by atoms with Gasteiger partial charge in [0, 0.05) is 93.4 Å². The fraction of sp³-hybridized carbons (Fsp3) is 0.326. The number of carbonyl (C=O) groups is 6. The standard InChI is InChI=1S/C43H43FN12O7/c44-29-20-26(6-7-30(29)50-38-39-47-23-34(27-21-48-49-22-27)55(39)24-32(51-38)25-4-5-25)41(60)54-16-14-53(15-17-54)13-11-46-35(57)10-18-63-19-12-45-31-3-1-2-28-37(31)43(62)56(42(28)61)33-8-9-36(58)52-40(33)59/h1-3,6-7,10,18,20-25,33,45H,4-5,8-9,11-17,19H2,(H,46,57)(H,48,49)(H,50,51)(H,52,58,59). The highest BCUT2D eigenvalue weighted by atomic mass is 19.1. The average molecular weight is 859 g/mol. The van der Waals surface area contributed by atoms with Gasteiger partial charge in [-0.2, -0.15) is 5.10 Å². The van der Waals surface area contributed by atoms with E-state index in [-0.39, 0.29) is 60.2 Å². The minimum Gasteiger partial charge on any atom is -0.499 e. The van der Waals surface area contributed by atoms with Crippen LogP contribution >= 0.6 is 0 Å². The molecule has 5 N–H and O–H groups in total. The van der Waals surface area contributed by atoms with E-state index in [1.165, 1.54) is 24.5 Å². The first kappa shape index (κ1) is 40.9. The normalized spacial score (nSPS) is 18.0. The van der Waals surface area contributed by atoms with Gasteiger partial charge in [0.05, 0.1) is 46.9 Å². The Morgan fingerprint density at radius 1 is 0.968 bits per heavy atom. The molecule has 1 aliphatic carbocycles. The summed E-state index contributed by atoms with van der Waals surface area (Å²) in [6.45, 7) is 3.37. The number of nitrogens with one attached hydrogen (secondary N) is 5. The number of anilines is 3. The SMILES string of the molecule is O=C(C=COCCNc1cccc2c1C(=O)N(C1CCC(=O)NC1=O)C2=O)NCCN1CCN(C(=O)c2ccc(Nc3nc(C4CC4)cn4c(-c5cn[nH]c5)cnc34)c(F)c2)CC1. The van der Waals surface area contributed by atoms with Gasteiger partial charge in [-0.05, 0) is 49.6 Å². The second kappa shape index (κ2) is 17.5. The second-order valence-corrected chi connectivity index (χ2v) is 15.6. The van der Waals surface area contributed by atoms with Crippen LogP contribution in [0.25, 0.3) is 16.9 Å². The quantitative estimate of drug-likeness (QED) is 0.0442. The summed E-state index contributed by atoms with van der Waals surface area (Å²) >= 11 is 0. The molecule has 1 atom stereocenters. The first-order valence-electron chi connectivity index (χ1n) is 20.7. The first-order valence-corrected chi connectivity index (χ1v) is 20.7. The van der Waals surface area contributed by atoms with Crippen LogP contribution in [-0.2, 0) is 19.1 Å². The second-order valence-electron chi connectivity index (χ2n) is 15.6. The number of hydrogen-bond acceptors (Lipinski definition) is 13. The number of imide groups is 2. The van der Waals surface area contributed by atoms with Crippen LogP contribution in [0.4, 0.5) is 21.6 Å². The highest BCUT2D eigenvalue weighted by Gasteiger charge is 2.45. The highest BCUT2D eigenvalue weighted by Crippen LogP contribution is 2.40. The summed E-state index contributed by atoms with van der Waals surface area (Å²) < 4.78 is 23.0. The molecule has 1 saturated carbocycles. The number of piperazine rings is 1. The van der Waals surface area contributed by atoms with E-state index in [0.717, 1.165) is 34.7 Å². The molecule has 9 rings (SSSR count). The highest BCUT2D eigenvalue weighted by molar-refractivity contribution is 6.25. The number of benzene rings is 2.